The molecule has 0 aromatic carbocycles. The Bertz CT molecular complexity index is 200. The molecule has 1 saturated carbocycles. The van der Waals surface area contributed by atoms with Crippen molar-refractivity contribution in [2.75, 3.05) is 0 Å². The fourth-order valence-corrected chi connectivity index (χ4v) is 2.95. The fraction of sp³-hybridized carbons (Fsp3) is 0.857. The van der Waals surface area contributed by atoms with Gasteiger partial charge in [-0.1, -0.05) is 13.8 Å². The van der Waals surface area contributed by atoms with Crippen LogP contribution in [0.1, 0.15) is 20.3 Å². The Hall–Kier alpha value is 0.540. The molecular formula is C7H9Cl3O. The van der Waals surface area contributed by atoms with Gasteiger partial charge in [0.1, 0.15) is 4.33 Å². The van der Waals surface area contributed by atoms with Gasteiger partial charge in [0.2, 0.25) is 5.24 Å². The third-order valence-electron chi connectivity index (χ3n) is 2.36. The Kier molecular flexibility index (Phi) is 2.20. The second-order valence-electron chi connectivity index (χ2n) is 3.28. The Morgan fingerprint density at radius 1 is 1.45 bits per heavy atom. The summed E-state index contributed by atoms with van der Waals surface area (Å²) in [4.78, 5) is 11.0. The highest BCUT2D eigenvalue weighted by molar-refractivity contribution is 6.68. The van der Waals surface area contributed by atoms with Gasteiger partial charge in [0, 0.05) is 0 Å². The number of carbonyl (C=O) groups is 1. The molecule has 0 aromatic heterocycles. The lowest BCUT2D eigenvalue weighted by atomic mass is 9.94. The van der Waals surface area contributed by atoms with E-state index in [9.17, 15) is 4.79 Å². The first-order valence-electron chi connectivity index (χ1n) is 3.42. The van der Waals surface area contributed by atoms with Crippen LogP contribution in [0.25, 0.3) is 0 Å². The minimum Gasteiger partial charge on any atom is -0.281 e. The predicted octanol–water partition coefficient (Wildman–Crippen LogP) is 2.97. The Morgan fingerprint density at radius 3 is 1.82 bits per heavy atom. The number of carbonyl (C=O) groups excluding carboxylic acids is 1. The van der Waals surface area contributed by atoms with E-state index >= 15 is 0 Å². The monoisotopic (exact) mass is 214 g/mol. The maximum absolute atomic E-state index is 11.0. The molecule has 1 aliphatic carbocycles. The molecule has 0 N–H and O–H groups in total. The first kappa shape index (κ1) is 9.63. The van der Waals surface area contributed by atoms with E-state index in [0.29, 0.717) is 6.42 Å². The average Bonchev–Trinajstić information content (AvgIpc) is 2.35. The molecule has 0 unspecified atom stereocenters. The second kappa shape index (κ2) is 2.51. The molecule has 0 radical (unpaired) electrons. The van der Waals surface area contributed by atoms with Crippen molar-refractivity contribution in [1.29, 1.82) is 0 Å². The lowest BCUT2D eigenvalue weighted by molar-refractivity contribution is -0.117. The Balaban J connectivity index is 2.88. The first-order valence-corrected chi connectivity index (χ1v) is 4.56. The zero-order valence-electron chi connectivity index (χ0n) is 6.33. The molecule has 11 heavy (non-hydrogen) atoms. The standard InChI is InChI=1S/C7H9Cl3O/c1-4(2)6(5(8)11)3-7(6,9)10/h4H,3H2,1-2H3/t6-/m0/s1. The predicted molar refractivity (Wildman–Crippen MR) is 47.2 cm³/mol. The van der Waals surface area contributed by atoms with E-state index in [0.717, 1.165) is 0 Å². The largest absolute Gasteiger partial charge is 0.281 e. The number of halogens is 3. The van der Waals surface area contributed by atoms with Crippen molar-refractivity contribution in [2.45, 2.75) is 24.6 Å². The van der Waals surface area contributed by atoms with Crippen LogP contribution in [0, 0.1) is 11.3 Å². The third-order valence-corrected chi connectivity index (χ3v) is 3.64. The van der Waals surface area contributed by atoms with Gasteiger partial charge in [-0.05, 0) is 23.9 Å². The highest BCUT2D eigenvalue weighted by Gasteiger charge is 2.71. The normalized spacial score (nSPS) is 34.0. The average molecular weight is 216 g/mol. The minimum atomic E-state index is -0.931. The van der Waals surface area contributed by atoms with Crippen molar-refractivity contribution in [1.82, 2.24) is 0 Å². The number of hydrogen-bond acceptors (Lipinski definition) is 1. The van der Waals surface area contributed by atoms with Crippen LogP contribution < -0.4 is 0 Å². The maximum Gasteiger partial charge on any atom is 0.231 e. The summed E-state index contributed by atoms with van der Waals surface area (Å²) in [6.07, 6.45) is 0.475. The molecule has 1 rings (SSSR count). The van der Waals surface area contributed by atoms with Crippen LogP contribution in [-0.2, 0) is 4.79 Å². The highest BCUT2D eigenvalue weighted by Crippen LogP contribution is 2.68. The van der Waals surface area contributed by atoms with Crippen LogP contribution in [-0.4, -0.2) is 9.58 Å². The van der Waals surface area contributed by atoms with Crippen molar-refractivity contribution >= 4 is 40.0 Å². The van der Waals surface area contributed by atoms with Gasteiger partial charge in [0.05, 0.1) is 5.41 Å². The smallest absolute Gasteiger partial charge is 0.231 e. The van der Waals surface area contributed by atoms with E-state index in [1.165, 1.54) is 0 Å². The summed E-state index contributed by atoms with van der Waals surface area (Å²) < 4.78 is -0.931. The lowest BCUT2D eigenvalue weighted by Gasteiger charge is -2.16. The molecule has 1 aliphatic rings. The Labute approximate surface area is 81.0 Å². The summed E-state index contributed by atoms with van der Waals surface area (Å²) in [5, 5.41) is -0.419. The van der Waals surface area contributed by atoms with Gasteiger partial charge in [-0.2, -0.15) is 0 Å². The van der Waals surface area contributed by atoms with E-state index in [-0.39, 0.29) is 5.92 Å². The van der Waals surface area contributed by atoms with E-state index in [1.54, 1.807) is 0 Å². The molecular weight excluding hydrogens is 206 g/mol. The summed E-state index contributed by atoms with van der Waals surface area (Å²) in [5.41, 5.74) is -0.697. The van der Waals surface area contributed by atoms with Crippen LogP contribution in [0.3, 0.4) is 0 Å². The first-order chi connectivity index (χ1) is 4.84. The van der Waals surface area contributed by atoms with E-state index in [2.05, 4.69) is 0 Å². The van der Waals surface area contributed by atoms with Gasteiger partial charge in [-0.25, -0.2) is 0 Å². The van der Waals surface area contributed by atoms with Crippen molar-refractivity contribution in [2.24, 2.45) is 11.3 Å². The zero-order chi connectivity index (χ0) is 8.86. The topological polar surface area (TPSA) is 17.1 Å². The zero-order valence-corrected chi connectivity index (χ0v) is 8.59. The Morgan fingerprint density at radius 2 is 1.82 bits per heavy atom. The van der Waals surface area contributed by atoms with Crippen molar-refractivity contribution < 1.29 is 4.79 Å². The van der Waals surface area contributed by atoms with Gasteiger partial charge >= 0.3 is 0 Å². The molecule has 0 spiro atoms. The van der Waals surface area contributed by atoms with Crippen LogP contribution in [0.5, 0.6) is 0 Å². The van der Waals surface area contributed by atoms with Gasteiger partial charge < -0.3 is 0 Å². The molecule has 0 amide bonds. The molecule has 0 saturated heterocycles. The third kappa shape index (κ3) is 1.18. The van der Waals surface area contributed by atoms with Crippen molar-refractivity contribution in [3.63, 3.8) is 0 Å². The van der Waals surface area contributed by atoms with Crippen LogP contribution >= 0.6 is 34.8 Å². The van der Waals surface area contributed by atoms with E-state index in [4.69, 9.17) is 34.8 Å². The van der Waals surface area contributed by atoms with Crippen molar-refractivity contribution in [3.05, 3.63) is 0 Å². The van der Waals surface area contributed by atoms with Crippen LogP contribution in [0.2, 0.25) is 0 Å². The SMILES string of the molecule is CC(C)[C@]1(C(=O)Cl)CC1(Cl)Cl. The van der Waals surface area contributed by atoms with Gasteiger partial charge in [-0.3, -0.25) is 4.79 Å². The van der Waals surface area contributed by atoms with Gasteiger partial charge in [-0.15, -0.1) is 23.2 Å². The molecule has 0 aliphatic heterocycles. The molecule has 4 heteroatoms. The number of rotatable bonds is 2. The molecule has 1 atom stereocenters. The molecule has 0 bridgehead atoms. The molecule has 1 fully saturated rings. The van der Waals surface area contributed by atoms with Gasteiger partial charge in [0.25, 0.3) is 0 Å². The summed E-state index contributed by atoms with van der Waals surface area (Å²) >= 11 is 17.0. The number of alkyl halides is 2. The van der Waals surface area contributed by atoms with E-state index in [1.807, 2.05) is 13.8 Å². The molecule has 64 valence electrons. The van der Waals surface area contributed by atoms with E-state index < -0.39 is 15.0 Å². The lowest BCUT2D eigenvalue weighted by Crippen LogP contribution is -2.23. The molecule has 0 heterocycles. The van der Waals surface area contributed by atoms with Gasteiger partial charge in [0.15, 0.2) is 0 Å². The second-order valence-corrected chi connectivity index (χ2v) is 5.11. The molecule has 1 nitrogen and oxygen atoms in total. The summed E-state index contributed by atoms with van der Waals surface area (Å²) in [7, 11) is 0. The van der Waals surface area contributed by atoms with Crippen LogP contribution in [0.15, 0.2) is 0 Å². The fourth-order valence-electron chi connectivity index (χ4n) is 1.37. The summed E-state index contributed by atoms with van der Waals surface area (Å²) in [5.74, 6) is 0.0995. The van der Waals surface area contributed by atoms with Crippen molar-refractivity contribution in [3.8, 4) is 0 Å². The quantitative estimate of drug-likeness (QED) is 0.511. The molecule has 0 aromatic rings. The minimum absolute atomic E-state index is 0.0995. The number of hydrogen-bond donors (Lipinski definition) is 0. The highest BCUT2D eigenvalue weighted by atomic mass is 35.5. The van der Waals surface area contributed by atoms with Crippen LogP contribution in [0.4, 0.5) is 0 Å². The summed E-state index contributed by atoms with van der Waals surface area (Å²) in [6.45, 7) is 3.79. The maximum atomic E-state index is 11.0. The summed E-state index contributed by atoms with van der Waals surface area (Å²) in [6, 6.07) is 0.